The molecule has 20 heavy (non-hydrogen) atoms. The first-order valence-electron chi connectivity index (χ1n) is 7.25. The Labute approximate surface area is 120 Å². The second-order valence-electron chi connectivity index (χ2n) is 5.63. The molecule has 1 aliphatic rings. The molecule has 0 radical (unpaired) electrons. The summed E-state index contributed by atoms with van der Waals surface area (Å²) in [4.78, 5) is 0. The molecular formula is C15H25N3O2. The third-order valence-corrected chi connectivity index (χ3v) is 3.92. The largest absolute Gasteiger partial charge is 0.473 e. The normalized spacial score (nSPS) is 17.4. The van der Waals surface area contributed by atoms with Gasteiger partial charge in [0.05, 0.1) is 16.9 Å². The zero-order valence-corrected chi connectivity index (χ0v) is 12.5. The molecule has 0 spiro atoms. The lowest BCUT2D eigenvalue weighted by atomic mass is 10.0. The quantitative estimate of drug-likeness (QED) is 0.746. The van der Waals surface area contributed by atoms with Crippen LogP contribution in [-0.2, 0) is 13.6 Å². The van der Waals surface area contributed by atoms with Gasteiger partial charge >= 0.3 is 0 Å². The Morgan fingerprint density at radius 3 is 2.85 bits per heavy atom. The number of hydrogen-bond donors (Lipinski definition) is 2. The van der Waals surface area contributed by atoms with Crippen LogP contribution >= 0.6 is 0 Å². The topological polar surface area (TPSA) is 59.3 Å². The summed E-state index contributed by atoms with van der Waals surface area (Å²) in [5.41, 5.74) is 1.48. The first-order valence-corrected chi connectivity index (χ1v) is 7.25. The van der Waals surface area contributed by atoms with Crippen LogP contribution in [0.5, 0.6) is 5.88 Å². The molecular weight excluding hydrogens is 254 g/mol. The van der Waals surface area contributed by atoms with E-state index in [0.29, 0.717) is 19.7 Å². The molecule has 5 nitrogen and oxygen atoms in total. The number of aryl methyl sites for hydroxylation is 2. The molecule has 0 aromatic carbocycles. The number of nitrogens with zero attached hydrogens (tertiary/aromatic N) is 2. The van der Waals surface area contributed by atoms with E-state index in [1.54, 1.807) is 10.8 Å². The van der Waals surface area contributed by atoms with Gasteiger partial charge < -0.3 is 15.2 Å². The summed E-state index contributed by atoms with van der Waals surface area (Å²) in [7, 11) is 1.87. The third-order valence-electron chi connectivity index (χ3n) is 3.92. The van der Waals surface area contributed by atoms with Gasteiger partial charge in [0, 0.05) is 20.1 Å². The van der Waals surface area contributed by atoms with Gasteiger partial charge in [-0.1, -0.05) is 25.5 Å². The molecule has 1 aromatic rings. The van der Waals surface area contributed by atoms with Crippen molar-refractivity contribution in [3.05, 3.63) is 23.9 Å². The standard InChI is InChI=1S/C15H25N3O2/c1-4-9-20-14-13(12(2)17-18(14)3)10-16-11-15(19)7-5-6-8-15/h4,16,19H,1,5-11H2,2-3H3. The van der Waals surface area contributed by atoms with E-state index in [0.717, 1.165) is 42.8 Å². The fourth-order valence-corrected chi connectivity index (χ4v) is 2.83. The molecule has 1 aliphatic carbocycles. The number of aromatic nitrogens is 2. The number of hydrogen-bond acceptors (Lipinski definition) is 4. The summed E-state index contributed by atoms with van der Waals surface area (Å²) in [5.74, 6) is 0.772. The van der Waals surface area contributed by atoms with Crippen molar-refractivity contribution < 1.29 is 9.84 Å². The van der Waals surface area contributed by atoms with E-state index in [1.807, 2.05) is 14.0 Å². The summed E-state index contributed by atoms with van der Waals surface area (Å²) in [6, 6.07) is 0. The van der Waals surface area contributed by atoms with E-state index in [2.05, 4.69) is 17.0 Å². The maximum Gasteiger partial charge on any atom is 0.216 e. The molecule has 1 saturated carbocycles. The van der Waals surface area contributed by atoms with Gasteiger partial charge in [0.2, 0.25) is 5.88 Å². The van der Waals surface area contributed by atoms with Gasteiger partial charge in [-0.3, -0.25) is 0 Å². The van der Waals surface area contributed by atoms with Gasteiger partial charge in [-0.05, 0) is 19.8 Å². The molecule has 0 amide bonds. The van der Waals surface area contributed by atoms with Crippen molar-refractivity contribution in [2.45, 2.75) is 44.8 Å². The highest BCUT2D eigenvalue weighted by molar-refractivity contribution is 5.31. The lowest BCUT2D eigenvalue weighted by molar-refractivity contribution is 0.0474. The van der Waals surface area contributed by atoms with E-state index in [4.69, 9.17) is 4.74 Å². The SMILES string of the molecule is C=CCOc1c(CNCC2(O)CCCC2)c(C)nn1C. The molecule has 0 saturated heterocycles. The molecule has 112 valence electrons. The van der Waals surface area contributed by atoms with Gasteiger partial charge in [0.15, 0.2) is 0 Å². The first-order chi connectivity index (χ1) is 9.56. The van der Waals surface area contributed by atoms with Gasteiger partial charge in [0.25, 0.3) is 0 Å². The molecule has 1 fully saturated rings. The summed E-state index contributed by atoms with van der Waals surface area (Å²) < 4.78 is 7.42. The van der Waals surface area contributed by atoms with Crippen LogP contribution in [0, 0.1) is 6.92 Å². The van der Waals surface area contributed by atoms with E-state index in [9.17, 15) is 5.11 Å². The van der Waals surface area contributed by atoms with Gasteiger partial charge in [0.1, 0.15) is 6.61 Å². The van der Waals surface area contributed by atoms with Crippen molar-refractivity contribution in [3.63, 3.8) is 0 Å². The predicted octanol–water partition coefficient (Wildman–Crippen LogP) is 1.69. The average molecular weight is 279 g/mol. The Morgan fingerprint density at radius 2 is 2.20 bits per heavy atom. The van der Waals surface area contributed by atoms with Crippen molar-refractivity contribution >= 4 is 0 Å². The zero-order valence-electron chi connectivity index (χ0n) is 12.5. The number of rotatable bonds is 7. The lowest BCUT2D eigenvalue weighted by Crippen LogP contribution is -2.37. The second-order valence-corrected chi connectivity index (χ2v) is 5.63. The van der Waals surface area contributed by atoms with Crippen molar-refractivity contribution in [3.8, 4) is 5.88 Å². The third kappa shape index (κ3) is 3.41. The lowest BCUT2D eigenvalue weighted by Gasteiger charge is -2.22. The molecule has 0 bridgehead atoms. The molecule has 1 heterocycles. The van der Waals surface area contributed by atoms with E-state index in [-0.39, 0.29) is 0 Å². The number of ether oxygens (including phenoxy) is 1. The molecule has 2 N–H and O–H groups in total. The molecule has 0 atom stereocenters. The van der Waals surface area contributed by atoms with Gasteiger partial charge in [-0.2, -0.15) is 5.10 Å². The summed E-state index contributed by atoms with van der Waals surface area (Å²) in [6.07, 6.45) is 5.76. The monoisotopic (exact) mass is 279 g/mol. The minimum Gasteiger partial charge on any atom is -0.473 e. The minimum atomic E-state index is -0.530. The second kappa shape index (κ2) is 6.41. The van der Waals surface area contributed by atoms with Crippen molar-refractivity contribution in [1.82, 2.24) is 15.1 Å². The zero-order chi connectivity index (χ0) is 14.6. The highest BCUT2D eigenvalue weighted by Crippen LogP contribution is 2.29. The van der Waals surface area contributed by atoms with E-state index in [1.165, 1.54) is 0 Å². The summed E-state index contributed by atoms with van der Waals surface area (Å²) in [6.45, 7) is 7.39. The molecule has 2 rings (SSSR count). The van der Waals surface area contributed by atoms with Crippen LogP contribution in [0.15, 0.2) is 12.7 Å². The highest BCUT2D eigenvalue weighted by atomic mass is 16.5. The van der Waals surface area contributed by atoms with Crippen LogP contribution in [0.3, 0.4) is 0 Å². The Bertz CT molecular complexity index is 462. The Hall–Kier alpha value is -1.33. The van der Waals surface area contributed by atoms with Gasteiger partial charge in [-0.15, -0.1) is 0 Å². The van der Waals surface area contributed by atoms with Crippen LogP contribution < -0.4 is 10.1 Å². The fraction of sp³-hybridized carbons (Fsp3) is 0.667. The van der Waals surface area contributed by atoms with E-state index >= 15 is 0 Å². The predicted molar refractivity (Wildman–Crippen MR) is 78.8 cm³/mol. The minimum absolute atomic E-state index is 0.468. The van der Waals surface area contributed by atoms with Crippen LogP contribution in [-0.4, -0.2) is 33.6 Å². The highest BCUT2D eigenvalue weighted by Gasteiger charge is 2.30. The molecule has 0 unspecified atom stereocenters. The van der Waals surface area contributed by atoms with Crippen LogP contribution in [0.1, 0.15) is 36.9 Å². The maximum atomic E-state index is 10.3. The Balaban J connectivity index is 1.96. The van der Waals surface area contributed by atoms with Crippen molar-refractivity contribution in [2.75, 3.05) is 13.2 Å². The van der Waals surface area contributed by atoms with Gasteiger partial charge in [-0.25, -0.2) is 4.68 Å². The van der Waals surface area contributed by atoms with Crippen molar-refractivity contribution in [2.24, 2.45) is 7.05 Å². The Morgan fingerprint density at radius 1 is 1.50 bits per heavy atom. The van der Waals surface area contributed by atoms with Crippen LogP contribution in [0.25, 0.3) is 0 Å². The average Bonchev–Trinajstić information content (AvgIpc) is 2.93. The maximum absolute atomic E-state index is 10.3. The molecule has 0 aliphatic heterocycles. The first kappa shape index (κ1) is 15.1. The Kier molecular flexibility index (Phi) is 4.83. The van der Waals surface area contributed by atoms with Crippen LogP contribution in [0.4, 0.5) is 0 Å². The molecule has 1 aromatic heterocycles. The number of aliphatic hydroxyl groups is 1. The summed E-state index contributed by atoms with van der Waals surface area (Å²) >= 11 is 0. The van der Waals surface area contributed by atoms with Crippen molar-refractivity contribution in [1.29, 1.82) is 0 Å². The summed E-state index contributed by atoms with van der Waals surface area (Å²) in [5, 5.41) is 18.1. The number of nitrogens with one attached hydrogen (secondary N) is 1. The smallest absolute Gasteiger partial charge is 0.216 e. The van der Waals surface area contributed by atoms with Crippen LogP contribution in [0.2, 0.25) is 0 Å². The van der Waals surface area contributed by atoms with E-state index < -0.39 is 5.60 Å². The molecule has 5 heteroatoms. The fourth-order valence-electron chi connectivity index (χ4n) is 2.83.